The van der Waals surface area contributed by atoms with Crippen molar-refractivity contribution < 1.29 is 21.6 Å². The molecule has 1 N–H and O–H groups in total. The van der Waals surface area contributed by atoms with Gasteiger partial charge in [-0.2, -0.15) is 13.2 Å². The average molecular weight is 273 g/mol. The van der Waals surface area contributed by atoms with Crippen LogP contribution in [0.4, 0.5) is 13.2 Å². The topological polar surface area (TPSA) is 46.2 Å². The van der Waals surface area contributed by atoms with E-state index in [0.29, 0.717) is 11.8 Å². The molecule has 17 heavy (non-hydrogen) atoms. The second kappa shape index (κ2) is 5.14. The fourth-order valence-corrected chi connectivity index (χ4v) is 2.77. The van der Waals surface area contributed by atoms with Crippen molar-refractivity contribution in [3.63, 3.8) is 0 Å². The van der Waals surface area contributed by atoms with Crippen LogP contribution in [0, 0.1) is 17.8 Å². The third-order valence-corrected chi connectivity index (χ3v) is 4.73. The molecule has 1 aliphatic rings. The van der Waals surface area contributed by atoms with Crippen LogP contribution in [-0.2, 0) is 10.0 Å². The van der Waals surface area contributed by atoms with Gasteiger partial charge in [-0.25, -0.2) is 13.1 Å². The summed E-state index contributed by atoms with van der Waals surface area (Å²) in [5.41, 5.74) is -5.21. The van der Waals surface area contributed by atoms with E-state index >= 15 is 0 Å². The molecule has 3 unspecified atom stereocenters. The number of hydrogen-bond donors (Lipinski definition) is 1. The molecule has 1 fully saturated rings. The number of halogens is 3. The van der Waals surface area contributed by atoms with Crippen LogP contribution < -0.4 is 4.72 Å². The number of rotatable bonds is 3. The molecule has 1 rings (SSSR count). The predicted molar refractivity (Wildman–Crippen MR) is 58.6 cm³/mol. The highest BCUT2D eigenvalue weighted by molar-refractivity contribution is 7.90. The maximum atomic E-state index is 12.1. The zero-order valence-corrected chi connectivity index (χ0v) is 10.7. The molecule has 1 aliphatic carbocycles. The summed E-state index contributed by atoms with van der Waals surface area (Å²) in [5, 5.41) is 0. The van der Waals surface area contributed by atoms with Gasteiger partial charge in [-0.05, 0) is 30.6 Å². The van der Waals surface area contributed by atoms with E-state index in [-0.39, 0.29) is 12.5 Å². The smallest absolute Gasteiger partial charge is 0.207 e. The van der Waals surface area contributed by atoms with E-state index < -0.39 is 15.5 Å². The normalized spacial score (nSPS) is 31.5. The number of sulfonamides is 1. The quantitative estimate of drug-likeness (QED) is 0.858. The molecule has 0 heterocycles. The molecule has 0 bridgehead atoms. The van der Waals surface area contributed by atoms with Crippen molar-refractivity contribution in [3.05, 3.63) is 0 Å². The van der Waals surface area contributed by atoms with Crippen LogP contribution in [0.2, 0.25) is 0 Å². The molecule has 3 nitrogen and oxygen atoms in total. The molecular formula is C10H18F3NO2S. The first-order valence-corrected chi connectivity index (χ1v) is 7.17. The lowest BCUT2D eigenvalue weighted by Gasteiger charge is -2.32. The van der Waals surface area contributed by atoms with Gasteiger partial charge < -0.3 is 0 Å². The Hall–Kier alpha value is -0.300. The average Bonchev–Trinajstić information content (AvgIpc) is 2.18. The van der Waals surface area contributed by atoms with Gasteiger partial charge in [0.2, 0.25) is 0 Å². The van der Waals surface area contributed by atoms with Gasteiger partial charge in [-0.3, -0.25) is 0 Å². The fraction of sp³-hybridized carbons (Fsp3) is 1.00. The molecule has 0 aromatic carbocycles. The van der Waals surface area contributed by atoms with E-state index in [2.05, 4.69) is 13.8 Å². The minimum Gasteiger partial charge on any atom is -0.207 e. The van der Waals surface area contributed by atoms with Crippen LogP contribution in [0.3, 0.4) is 0 Å². The minimum absolute atomic E-state index is 0.0123. The molecule has 0 spiro atoms. The van der Waals surface area contributed by atoms with Gasteiger partial charge >= 0.3 is 15.5 Å². The molecule has 0 aliphatic heterocycles. The molecule has 7 heteroatoms. The third-order valence-electron chi connectivity index (χ3n) is 3.57. The predicted octanol–water partition coefficient (Wildman–Crippen LogP) is 2.50. The van der Waals surface area contributed by atoms with Gasteiger partial charge in [0.15, 0.2) is 0 Å². The van der Waals surface area contributed by atoms with Gasteiger partial charge in [-0.1, -0.05) is 20.3 Å². The Balaban J connectivity index is 2.47. The SMILES string of the molecule is CC1CCC(CNS(=O)(=O)C(F)(F)F)CC1C. The highest BCUT2D eigenvalue weighted by atomic mass is 32.2. The van der Waals surface area contributed by atoms with Crippen molar-refractivity contribution in [1.82, 2.24) is 4.72 Å². The zero-order valence-electron chi connectivity index (χ0n) is 9.92. The van der Waals surface area contributed by atoms with E-state index in [9.17, 15) is 21.6 Å². The van der Waals surface area contributed by atoms with E-state index in [1.165, 1.54) is 0 Å². The second-order valence-electron chi connectivity index (χ2n) is 4.93. The Bertz CT molecular complexity index is 353. The molecule has 0 saturated heterocycles. The van der Waals surface area contributed by atoms with Crippen molar-refractivity contribution in [2.45, 2.75) is 38.6 Å². The lowest BCUT2D eigenvalue weighted by Crippen LogP contribution is -2.40. The van der Waals surface area contributed by atoms with E-state index in [4.69, 9.17) is 0 Å². The summed E-state index contributed by atoms with van der Waals surface area (Å²) in [6, 6.07) is 0. The van der Waals surface area contributed by atoms with Crippen LogP contribution in [0.1, 0.15) is 33.1 Å². The Kier molecular flexibility index (Phi) is 4.46. The minimum atomic E-state index is -5.21. The third kappa shape index (κ3) is 3.84. The fourth-order valence-electron chi connectivity index (χ4n) is 2.15. The highest BCUT2D eigenvalue weighted by Crippen LogP contribution is 2.33. The maximum absolute atomic E-state index is 12.1. The summed E-state index contributed by atoms with van der Waals surface area (Å²) in [5.74, 6) is 1.01. The largest absolute Gasteiger partial charge is 0.511 e. The van der Waals surface area contributed by atoms with Crippen molar-refractivity contribution in [2.24, 2.45) is 17.8 Å². The number of alkyl halides is 3. The number of nitrogens with one attached hydrogen (secondary N) is 1. The van der Waals surface area contributed by atoms with Crippen molar-refractivity contribution in [2.75, 3.05) is 6.54 Å². The van der Waals surface area contributed by atoms with E-state index in [1.807, 2.05) is 0 Å². The lowest BCUT2D eigenvalue weighted by atomic mass is 9.76. The molecule has 0 aromatic heterocycles. The molecular weight excluding hydrogens is 255 g/mol. The number of hydrogen-bond acceptors (Lipinski definition) is 2. The monoisotopic (exact) mass is 273 g/mol. The highest BCUT2D eigenvalue weighted by Gasteiger charge is 2.45. The maximum Gasteiger partial charge on any atom is 0.511 e. The van der Waals surface area contributed by atoms with Gasteiger partial charge in [0.05, 0.1) is 0 Å². The molecule has 3 atom stereocenters. The summed E-state index contributed by atoms with van der Waals surface area (Å²) >= 11 is 0. The summed E-state index contributed by atoms with van der Waals surface area (Å²) in [4.78, 5) is 0. The molecule has 102 valence electrons. The van der Waals surface area contributed by atoms with Crippen LogP contribution in [0.25, 0.3) is 0 Å². The van der Waals surface area contributed by atoms with Crippen molar-refractivity contribution in [1.29, 1.82) is 0 Å². The van der Waals surface area contributed by atoms with Gasteiger partial charge in [0.1, 0.15) is 0 Å². The summed E-state index contributed by atoms with van der Waals surface area (Å²) in [6.07, 6.45) is 2.51. The lowest BCUT2D eigenvalue weighted by molar-refractivity contribution is -0.0449. The molecule has 1 saturated carbocycles. The van der Waals surface area contributed by atoms with Gasteiger partial charge in [0.25, 0.3) is 0 Å². The van der Waals surface area contributed by atoms with Crippen LogP contribution in [-0.4, -0.2) is 20.5 Å². The van der Waals surface area contributed by atoms with Gasteiger partial charge in [-0.15, -0.1) is 0 Å². The summed E-state index contributed by atoms with van der Waals surface area (Å²) in [6.45, 7) is 4.05. The van der Waals surface area contributed by atoms with Crippen molar-refractivity contribution in [3.8, 4) is 0 Å². The van der Waals surface area contributed by atoms with Crippen LogP contribution >= 0.6 is 0 Å². The first-order chi connectivity index (χ1) is 7.63. The summed E-state index contributed by atoms with van der Waals surface area (Å²) in [7, 11) is -5.18. The summed E-state index contributed by atoms with van der Waals surface area (Å²) < 4.78 is 59.5. The van der Waals surface area contributed by atoms with E-state index in [1.54, 1.807) is 4.72 Å². The Morgan fingerprint density at radius 2 is 1.76 bits per heavy atom. The van der Waals surface area contributed by atoms with E-state index in [0.717, 1.165) is 19.3 Å². The standard InChI is InChI=1S/C10H18F3NO2S/c1-7-3-4-9(5-8(7)2)6-14-17(15,16)10(11,12)13/h7-9,14H,3-6H2,1-2H3. The molecule has 0 amide bonds. The zero-order chi connectivity index (χ0) is 13.3. The molecule has 0 aromatic rings. The van der Waals surface area contributed by atoms with Crippen molar-refractivity contribution >= 4 is 10.0 Å². The Morgan fingerprint density at radius 1 is 1.18 bits per heavy atom. The second-order valence-corrected chi connectivity index (χ2v) is 6.69. The first kappa shape index (κ1) is 14.8. The Labute approximate surface area is 99.8 Å². The van der Waals surface area contributed by atoms with Crippen LogP contribution in [0.15, 0.2) is 0 Å². The van der Waals surface area contributed by atoms with Crippen LogP contribution in [0.5, 0.6) is 0 Å². The molecule has 0 radical (unpaired) electrons. The first-order valence-electron chi connectivity index (χ1n) is 5.69. The Morgan fingerprint density at radius 3 is 2.24 bits per heavy atom. The van der Waals surface area contributed by atoms with Gasteiger partial charge in [0, 0.05) is 6.54 Å².